The van der Waals surface area contributed by atoms with E-state index in [1.54, 1.807) is 0 Å². The lowest BCUT2D eigenvalue weighted by molar-refractivity contribution is 0.173. The van der Waals surface area contributed by atoms with Gasteiger partial charge in [0.1, 0.15) is 12.4 Å². The molecule has 1 aromatic heterocycles. The van der Waals surface area contributed by atoms with Crippen molar-refractivity contribution >= 4 is 0 Å². The number of para-hydroxylation sites is 1. The van der Waals surface area contributed by atoms with Crippen molar-refractivity contribution in [2.24, 2.45) is 0 Å². The van der Waals surface area contributed by atoms with Crippen LogP contribution < -0.4 is 4.74 Å². The van der Waals surface area contributed by atoms with Crippen molar-refractivity contribution in [3.8, 4) is 11.4 Å². The Morgan fingerprint density at radius 2 is 1.79 bits per heavy atom. The summed E-state index contributed by atoms with van der Waals surface area (Å²) in [6, 6.07) is 19.7. The summed E-state index contributed by atoms with van der Waals surface area (Å²) < 4.78 is 7.80. The average Bonchev–Trinajstić information content (AvgIpc) is 3.01. The molecule has 4 heteroatoms. The molecule has 0 radical (unpaired) electrons. The molecule has 1 unspecified atom stereocenters. The van der Waals surface area contributed by atoms with Crippen molar-refractivity contribution in [1.82, 2.24) is 9.78 Å². The van der Waals surface area contributed by atoms with Crippen molar-refractivity contribution < 1.29 is 9.84 Å². The number of aliphatic hydroxyl groups excluding tert-OH is 1. The fraction of sp³-hybridized carbons (Fsp3) is 0.250. The highest BCUT2D eigenvalue weighted by Gasteiger charge is 2.09. The number of aryl methyl sites for hydroxylation is 1. The molecule has 1 heterocycles. The number of nitrogens with zero attached hydrogens (tertiary/aromatic N) is 2. The van der Waals surface area contributed by atoms with Crippen LogP contribution in [0, 0.1) is 6.92 Å². The van der Waals surface area contributed by atoms with E-state index in [4.69, 9.17) is 4.74 Å². The molecule has 0 aliphatic rings. The molecule has 0 saturated carbocycles. The third-order valence-electron chi connectivity index (χ3n) is 3.94. The predicted octanol–water partition coefficient (Wildman–Crippen LogP) is 4.20. The van der Waals surface area contributed by atoms with Crippen LogP contribution in [0.3, 0.4) is 0 Å². The summed E-state index contributed by atoms with van der Waals surface area (Å²) in [6.45, 7) is 4.37. The molecule has 4 nitrogen and oxygen atoms in total. The number of aliphatic hydroxyl groups is 1. The summed E-state index contributed by atoms with van der Waals surface area (Å²) in [7, 11) is 0. The van der Waals surface area contributed by atoms with Crippen LogP contribution >= 0.6 is 0 Å². The highest BCUT2D eigenvalue weighted by molar-refractivity contribution is 5.34. The number of aromatic nitrogens is 2. The van der Waals surface area contributed by atoms with E-state index in [0.717, 1.165) is 28.4 Å². The third-order valence-corrected chi connectivity index (χ3v) is 3.94. The SMILES string of the molecule is CCC(O)c1ccc(OCc2cc(C)nn2-c2ccccc2)cc1. The monoisotopic (exact) mass is 322 g/mol. The van der Waals surface area contributed by atoms with Crippen LogP contribution in [0.4, 0.5) is 0 Å². The van der Waals surface area contributed by atoms with Crippen LogP contribution in [0.5, 0.6) is 5.75 Å². The van der Waals surface area contributed by atoms with E-state index in [1.807, 2.05) is 79.2 Å². The number of ether oxygens (including phenoxy) is 1. The standard InChI is InChI=1S/C20H22N2O2/c1-3-20(23)16-9-11-19(12-10-16)24-14-18-13-15(2)21-22(18)17-7-5-4-6-8-17/h4-13,20,23H,3,14H2,1-2H3. The van der Waals surface area contributed by atoms with E-state index < -0.39 is 6.10 Å². The quantitative estimate of drug-likeness (QED) is 0.740. The summed E-state index contributed by atoms with van der Waals surface area (Å²) in [4.78, 5) is 0. The van der Waals surface area contributed by atoms with Gasteiger partial charge < -0.3 is 9.84 Å². The maximum Gasteiger partial charge on any atom is 0.130 e. The zero-order valence-corrected chi connectivity index (χ0v) is 14.0. The molecule has 124 valence electrons. The van der Waals surface area contributed by atoms with Crippen LogP contribution in [-0.2, 0) is 6.61 Å². The number of benzene rings is 2. The van der Waals surface area contributed by atoms with Gasteiger partial charge in [-0.1, -0.05) is 37.3 Å². The Balaban J connectivity index is 1.73. The predicted molar refractivity (Wildman–Crippen MR) is 94.3 cm³/mol. The molecule has 3 rings (SSSR count). The summed E-state index contributed by atoms with van der Waals surface area (Å²) in [5.41, 5.74) is 3.89. The van der Waals surface area contributed by atoms with E-state index in [-0.39, 0.29) is 0 Å². The first-order valence-electron chi connectivity index (χ1n) is 8.19. The normalized spacial score (nSPS) is 12.1. The number of rotatable bonds is 6. The maximum atomic E-state index is 9.84. The van der Waals surface area contributed by atoms with E-state index in [1.165, 1.54) is 0 Å². The summed E-state index contributed by atoms with van der Waals surface area (Å²) >= 11 is 0. The fourth-order valence-electron chi connectivity index (χ4n) is 2.63. The van der Waals surface area contributed by atoms with Gasteiger partial charge in [-0.05, 0) is 49.2 Å². The third kappa shape index (κ3) is 3.66. The topological polar surface area (TPSA) is 47.3 Å². The van der Waals surface area contributed by atoms with E-state index in [2.05, 4.69) is 5.10 Å². The minimum Gasteiger partial charge on any atom is -0.487 e. The lowest BCUT2D eigenvalue weighted by Crippen LogP contribution is -2.05. The van der Waals surface area contributed by atoms with Crippen LogP contribution in [0.15, 0.2) is 60.7 Å². The molecule has 2 aromatic carbocycles. The Morgan fingerprint density at radius 1 is 1.08 bits per heavy atom. The summed E-state index contributed by atoms with van der Waals surface area (Å²) in [6.07, 6.45) is 0.289. The van der Waals surface area contributed by atoms with E-state index in [9.17, 15) is 5.11 Å². The minimum absolute atomic E-state index is 0.416. The Labute approximate surface area is 142 Å². The Kier molecular flexibility index (Phi) is 4.96. The van der Waals surface area contributed by atoms with Gasteiger partial charge in [-0.25, -0.2) is 4.68 Å². The van der Waals surface area contributed by atoms with Crippen LogP contribution in [0.2, 0.25) is 0 Å². The van der Waals surface area contributed by atoms with E-state index in [0.29, 0.717) is 13.0 Å². The molecule has 0 fully saturated rings. The highest BCUT2D eigenvalue weighted by atomic mass is 16.5. The molecule has 0 amide bonds. The van der Waals surface area contributed by atoms with Gasteiger partial charge >= 0.3 is 0 Å². The Bertz CT molecular complexity index is 779. The van der Waals surface area contributed by atoms with Crippen molar-refractivity contribution in [2.75, 3.05) is 0 Å². The van der Waals surface area contributed by atoms with Gasteiger partial charge in [0.25, 0.3) is 0 Å². The molecule has 0 spiro atoms. The molecule has 1 N–H and O–H groups in total. The second kappa shape index (κ2) is 7.32. The smallest absolute Gasteiger partial charge is 0.130 e. The summed E-state index contributed by atoms with van der Waals surface area (Å²) in [5, 5.41) is 14.4. The molecule has 0 bridgehead atoms. The van der Waals surface area contributed by atoms with Crippen molar-refractivity contribution in [2.45, 2.75) is 33.0 Å². The van der Waals surface area contributed by atoms with Crippen molar-refractivity contribution in [1.29, 1.82) is 0 Å². The maximum absolute atomic E-state index is 9.84. The molecule has 0 aliphatic heterocycles. The number of hydrogen-bond donors (Lipinski definition) is 1. The van der Waals surface area contributed by atoms with Gasteiger partial charge in [0.15, 0.2) is 0 Å². The second-order valence-electron chi connectivity index (χ2n) is 5.81. The van der Waals surface area contributed by atoms with Crippen molar-refractivity contribution in [3.05, 3.63) is 77.6 Å². The minimum atomic E-state index is -0.416. The molecular weight excluding hydrogens is 300 g/mol. The van der Waals surface area contributed by atoms with Crippen LogP contribution in [0.25, 0.3) is 5.69 Å². The van der Waals surface area contributed by atoms with Gasteiger partial charge in [-0.2, -0.15) is 5.10 Å². The molecular formula is C20H22N2O2. The summed E-state index contributed by atoms with van der Waals surface area (Å²) in [5.74, 6) is 0.778. The Morgan fingerprint density at radius 3 is 2.46 bits per heavy atom. The Hall–Kier alpha value is -2.59. The lowest BCUT2D eigenvalue weighted by atomic mass is 10.1. The second-order valence-corrected chi connectivity index (χ2v) is 5.81. The van der Waals surface area contributed by atoms with Crippen LogP contribution in [-0.4, -0.2) is 14.9 Å². The van der Waals surface area contributed by atoms with Gasteiger partial charge in [0.05, 0.1) is 23.2 Å². The van der Waals surface area contributed by atoms with Gasteiger partial charge in [-0.3, -0.25) is 0 Å². The number of hydrogen-bond acceptors (Lipinski definition) is 3. The zero-order valence-electron chi connectivity index (χ0n) is 14.0. The molecule has 0 saturated heterocycles. The molecule has 1 atom stereocenters. The van der Waals surface area contributed by atoms with Gasteiger partial charge in [-0.15, -0.1) is 0 Å². The van der Waals surface area contributed by atoms with Crippen LogP contribution in [0.1, 0.15) is 36.4 Å². The average molecular weight is 322 g/mol. The van der Waals surface area contributed by atoms with Gasteiger partial charge in [0.2, 0.25) is 0 Å². The molecule has 3 aromatic rings. The highest BCUT2D eigenvalue weighted by Crippen LogP contribution is 2.21. The van der Waals surface area contributed by atoms with Crippen molar-refractivity contribution in [3.63, 3.8) is 0 Å². The first kappa shape index (κ1) is 16.3. The molecule has 24 heavy (non-hydrogen) atoms. The zero-order chi connectivity index (χ0) is 16.9. The fourth-order valence-corrected chi connectivity index (χ4v) is 2.63. The van der Waals surface area contributed by atoms with E-state index >= 15 is 0 Å². The van der Waals surface area contributed by atoms with Gasteiger partial charge in [0, 0.05) is 0 Å². The first-order chi connectivity index (χ1) is 11.7. The first-order valence-corrected chi connectivity index (χ1v) is 8.19. The molecule has 0 aliphatic carbocycles. The largest absolute Gasteiger partial charge is 0.487 e. The lowest BCUT2D eigenvalue weighted by Gasteiger charge is -2.11.